The maximum Gasteiger partial charge on any atom is 0.335 e. The SMILES string of the molecule is O=C(O)c1ccc(Sc2ccncc2)c(F)c1. The molecule has 2 rings (SSSR count). The second-order valence-electron chi connectivity index (χ2n) is 3.24. The highest BCUT2D eigenvalue weighted by Gasteiger charge is 2.09. The van der Waals surface area contributed by atoms with Crippen LogP contribution >= 0.6 is 11.8 Å². The van der Waals surface area contributed by atoms with E-state index in [2.05, 4.69) is 4.98 Å². The van der Waals surface area contributed by atoms with Gasteiger partial charge in [-0.05, 0) is 30.3 Å². The number of hydrogen-bond donors (Lipinski definition) is 1. The van der Waals surface area contributed by atoms with Crippen LogP contribution in [0.2, 0.25) is 0 Å². The van der Waals surface area contributed by atoms with Gasteiger partial charge in [0, 0.05) is 22.2 Å². The highest BCUT2D eigenvalue weighted by atomic mass is 32.2. The van der Waals surface area contributed by atoms with Gasteiger partial charge in [-0.1, -0.05) is 11.8 Å². The van der Waals surface area contributed by atoms with E-state index in [-0.39, 0.29) is 5.56 Å². The van der Waals surface area contributed by atoms with Crippen molar-refractivity contribution in [3.63, 3.8) is 0 Å². The van der Waals surface area contributed by atoms with E-state index in [9.17, 15) is 9.18 Å². The van der Waals surface area contributed by atoms with Crippen LogP contribution in [0.5, 0.6) is 0 Å². The van der Waals surface area contributed by atoms with Crippen LogP contribution in [0.1, 0.15) is 10.4 Å². The van der Waals surface area contributed by atoms with Crippen LogP contribution in [0.4, 0.5) is 4.39 Å². The van der Waals surface area contributed by atoms with Gasteiger partial charge in [0.25, 0.3) is 0 Å². The van der Waals surface area contributed by atoms with Crippen LogP contribution in [0.15, 0.2) is 52.5 Å². The lowest BCUT2D eigenvalue weighted by Gasteiger charge is -2.03. The Hall–Kier alpha value is -1.88. The Morgan fingerprint density at radius 3 is 2.53 bits per heavy atom. The highest BCUT2D eigenvalue weighted by Crippen LogP contribution is 2.29. The Morgan fingerprint density at radius 1 is 1.24 bits per heavy atom. The molecule has 0 bridgehead atoms. The van der Waals surface area contributed by atoms with E-state index in [1.54, 1.807) is 24.5 Å². The molecule has 0 aliphatic rings. The van der Waals surface area contributed by atoms with Gasteiger partial charge in [-0.2, -0.15) is 0 Å². The van der Waals surface area contributed by atoms with E-state index < -0.39 is 11.8 Å². The van der Waals surface area contributed by atoms with Crippen LogP contribution in [-0.4, -0.2) is 16.1 Å². The minimum absolute atomic E-state index is 0.0541. The van der Waals surface area contributed by atoms with Crippen molar-refractivity contribution in [3.05, 3.63) is 54.1 Å². The molecule has 3 nitrogen and oxygen atoms in total. The van der Waals surface area contributed by atoms with E-state index in [1.807, 2.05) is 0 Å². The number of carboxylic acid groups (broad SMARTS) is 1. The number of aromatic nitrogens is 1. The van der Waals surface area contributed by atoms with Gasteiger partial charge in [-0.3, -0.25) is 4.98 Å². The lowest BCUT2D eigenvalue weighted by Crippen LogP contribution is -1.97. The molecular formula is C12H8FNO2S. The Labute approximate surface area is 101 Å². The number of pyridine rings is 1. The molecule has 1 aromatic carbocycles. The summed E-state index contributed by atoms with van der Waals surface area (Å²) in [6.45, 7) is 0. The molecule has 0 saturated carbocycles. The lowest BCUT2D eigenvalue weighted by molar-refractivity contribution is 0.0696. The third-order valence-corrected chi connectivity index (χ3v) is 3.12. The highest BCUT2D eigenvalue weighted by molar-refractivity contribution is 7.99. The van der Waals surface area contributed by atoms with Crippen LogP contribution in [0, 0.1) is 5.82 Å². The van der Waals surface area contributed by atoms with Crippen molar-refractivity contribution < 1.29 is 14.3 Å². The lowest BCUT2D eigenvalue weighted by atomic mass is 10.2. The standard InChI is InChI=1S/C12H8FNO2S/c13-10-7-8(12(15)16)1-2-11(10)17-9-3-5-14-6-4-9/h1-7H,(H,15,16). The van der Waals surface area contributed by atoms with Crippen LogP contribution in [0.3, 0.4) is 0 Å². The maximum absolute atomic E-state index is 13.6. The fraction of sp³-hybridized carbons (Fsp3) is 0. The largest absolute Gasteiger partial charge is 0.478 e. The molecule has 1 heterocycles. The molecule has 5 heteroatoms. The number of carboxylic acids is 1. The average molecular weight is 249 g/mol. The van der Waals surface area contributed by atoms with Crippen LogP contribution < -0.4 is 0 Å². The molecule has 0 unspecified atom stereocenters. The first kappa shape index (κ1) is 11.6. The van der Waals surface area contributed by atoms with Gasteiger partial charge in [0.1, 0.15) is 5.82 Å². The minimum atomic E-state index is -1.13. The predicted molar refractivity (Wildman–Crippen MR) is 61.7 cm³/mol. The molecule has 0 atom stereocenters. The number of halogens is 1. The minimum Gasteiger partial charge on any atom is -0.478 e. The molecule has 1 N–H and O–H groups in total. The van der Waals surface area contributed by atoms with E-state index >= 15 is 0 Å². The van der Waals surface area contributed by atoms with Crippen LogP contribution in [0.25, 0.3) is 0 Å². The second-order valence-corrected chi connectivity index (χ2v) is 4.35. The normalized spacial score (nSPS) is 10.2. The number of hydrogen-bond acceptors (Lipinski definition) is 3. The van der Waals surface area contributed by atoms with E-state index in [0.29, 0.717) is 4.90 Å². The van der Waals surface area contributed by atoms with Crippen molar-refractivity contribution in [1.29, 1.82) is 0 Å². The summed E-state index contributed by atoms with van der Waals surface area (Å²) in [5, 5.41) is 8.71. The quantitative estimate of drug-likeness (QED) is 0.908. The first-order valence-corrected chi connectivity index (χ1v) is 5.59. The third-order valence-electron chi connectivity index (χ3n) is 2.06. The molecule has 0 aliphatic carbocycles. The Kier molecular flexibility index (Phi) is 3.39. The van der Waals surface area contributed by atoms with Crippen molar-refractivity contribution in [3.8, 4) is 0 Å². The van der Waals surface area contributed by atoms with E-state index in [1.165, 1.54) is 23.9 Å². The van der Waals surface area contributed by atoms with Crippen molar-refractivity contribution in [2.75, 3.05) is 0 Å². The zero-order valence-electron chi connectivity index (χ0n) is 8.63. The van der Waals surface area contributed by atoms with Crippen molar-refractivity contribution in [2.45, 2.75) is 9.79 Å². The molecule has 0 fully saturated rings. The maximum atomic E-state index is 13.6. The van der Waals surface area contributed by atoms with Gasteiger partial charge in [0.05, 0.1) is 5.56 Å². The molecule has 86 valence electrons. The number of nitrogens with zero attached hydrogens (tertiary/aromatic N) is 1. The fourth-order valence-corrected chi connectivity index (χ4v) is 2.05. The summed E-state index contributed by atoms with van der Waals surface area (Å²) in [5.74, 6) is -1.67. The second kappa shape index (κ2) is 4.97. The molecule has 0 spiro atoms. The molecule has 1 aromatic heterocycles. The summed E-state index contributed by atoms with van der Waals surface area (Å²) >= 11 is 1.23. The third kappa shape index (κ3) is 2.82. The summed E-state index contributed by atoms with van der Waals surface area (Å²) in [5.41, 5.74) is -0.0541. The summed E-state index contributed by atoms with van der Waals surface area (Å²) < 4.78 is 13.6. The van der Waals surface area contributed by atoms with Gasteiger partial charge in [0.15, 0.2) is 0 Å². The smallest absolute Gasteiger partial charge is 0.335 e. The zero-order chi connectivity index (χ0) is 12.3. The van der Waals surface area contributed by atoms with Crippen molar-refractivity contribution >= 4 is 17.7 Å². The topological polar surface area (TPSA) is 50.2 Å². The Bertz CT molecular complexity index is 545. The van der Waals surface area contributed by atoms with Gasteiger partial charge in [-0.15, -0.1) is 0 Å². The van der Waals surface area contributed by atoms with Gasteiger partial charge in [-0.25, -0.2) is 9.18 Å². The van der Waals surface area contributed by atoms with Gasteiger partial charge in [0.2, 0.25) is 0 Å². The number of carbonyl (C=O) groups is 1. The molecule has 0 amide bonds. The first-order chi connectivity index (χ1) is 8.16. The molecular weight excluding hydrogens is 241 g/mol. The summed E-state index contributed by atoms with van der Waals surface area (Å²) in [7, 11) is 0. The Balaban J connectivity index is 2.26. The van der Waals surface area contributed by atoms with Crippen LogP contribution in [-0.2, 0) is 0 Å². The summed E-state index contributed by atoms with van der Waals surface area (Å²) in [6, 6.07) is 7.38. The first-order valence-electron chi connectivity index (χ1n) is 4.77. The van der Waals surface area contributed by atoms with Crippen molar-refractivity contribution in [1.82, 2.24) is 4.98 Å². The predicted octanol–water partition coefficient (Wildman–Crippen LogP) is 3.07. The number of benzene rings is 1. The average Bonchev–Trinajstić information content (AvgIpc) is 2.33. The van der Waals surface area contributed by atoms with Crippen molar-refractivity contribution in [2.24, 2.45) is 0 Å². The van der Waals surface area contributed by atoms with Gasteiger partial charge >= 0.3 is 5.97 Å². The Morgan fingerprint density at radius 2 is 1.94 bits per heavy atom. The fourth-order valence-electron chi connectivity index (χ4n) is 1.25. The molecule has 0 saturated heterocycles. The molecule has 0 radical (unpaired) electrons. The monoisotopic (exact) mass is 249 g/mol. The zero-order valence-corrected chi connectivity index (χ0v) is 9.45. The summed E-state index contributed by atoms with van der Waals surface area (Å²) in [6.07, 6.45) is 3.23. The molecule has 2 aromatic rings. The molecule has 17 heavy (non-hydrogen) atoms. The summed E-state index contributed by atoms with van der Waals surface area (Å²) in [4.78, 5) is 15.7. The van der Waals surface area contributed by atoms with E-state index in [0.717, 1.165) is 11.0 Å². The number of aromatic carboxylic acids is 1. The molecule has 0 aliphatic heterocycles. The van der Waals surface area contributed by atoms with E-state index in [4.69, 9.17) is 5.11 Å². The number of rotatable bonds is 3. The van der Waals surface area contributed by atoms with Gasteiger partial charge < -0.3 is 5.11 Å².